The molecule has 9 heteroatoms. The summed E-state index contributed by atoms with van der Waals surface area (Å²) in [6.45, 7) is 2.49. The number of rotatable bonds is 3. The summed E-state index contributed by atoms with van der Waals surface area (Å²) >= 11 is 0. The predicted molar refractivity (Wildman–Crippen MR) is 97.8 cm³/mol. The van der Waals surface area contributed by atoms with E-state index in [1.165, 1.54) is 4.57 Å². The van der Waals surface area contributed by atoms with E-state index in [-0.39, 0.29) is 35.7 Å². The van der Waals surface area contributed by atoms with Crippen molar-refractivity contribution in [1.29, 1.82) is 0 Å². The number of H-pyrrole nitrogens is 1. The molecule has 1 N–H and O–H groups in total. The first-order chi connectivity index (χ1) is 12.4. The molecule has 2 saturated heterocycles. The van der Waals surface area contributed by atoms with Crippen LogP contribution in [0.5, 0.6) is 0 Å². The van der Waals surface area contributed by atoms with Crippen LogP contribution in [0.1, 0.15) is 6.42 Å². The number of sulfone groups is 1. The molecule has 0 radical (unpaired) electrons. The Kier molecular flexibility index (Phi) is 4.36. The van der Waals surface area contributed by atoms with E-state index in [9.17, 15) is 18.0 Å². The number of hydrogen-bond donors (Lipinski definition) is 1. The highest BCUT2D eigenvalue weighted by atomic mass is 32.2. The highest BCUT2D eigenvalue weighted by molar-refractivity contribution is 7.91. The Balaban J connectivity index is 1.39. The van der Waals surface area contributed by atoms with Gasteiger partial charge < -0.3 is 9.88 Å². The first-order valence-corrected chi connectivity index (χ1v) is 10.6. The van der Waals surface area contributed by atoms with Crippen LogP contribution in [0.2, 0.25) is 0 Å². The van der Waals surface area contributed by atoms with E-state index in [0.717, 1.165) is 11.0 Å². The molecule has 8 nitrogen and oxygen atoms in total. The van der Waals surface area contributed by atoms with Crippen LogP contribution in [0.25, 0.3) is 11.0 Å². The lowest BCUT2D eigenvalue weighted by atomic mass is 10.2. The van der Waals surface area contributed by atoms with Crippen molar-refractivity contribution in [3.63, 3.8) is 0 Å². The van der Waals surface area contributed by atoms with E-state index >= 15 is 0 Å². The van der Waals surface area contributed by atoms with Gasteiger partial charge in [0.05, 0.1) is 22.5 Å². The molecule has 1 atom stereocenters. The van der Waals surface area contributed by atoms with Gasteiger partial charge in [-0.1, -0.05) is 12.1 Å². The number of carbonyl (C=O) groups is 1. The third kappa shape index (κ3) is 3.28. The van der Waals surface area contributed by atoms with Gasteiger partial charge in [0, 0.05) is 32.2 Å². The summed E-state index contributed by atoms with van der Waals surface area (Å²) < 4.78 is 24.8. The van der Waals surface area contributed by atoms with Gasteiger partial charge in [0.25, 0.3) is 0 Å². The minimum atomic E-state index is -2.90. The van der Waals surface area contributed by atoms with E-state index in [1.54, 1.807) is 4.90 Å². The number of para-hydroxylation sites is 2. The van der Waals surface area contributed by atoms with Crippen LogP contribution < -0.4 is 5.69 Å². The monoisotopic (exact) mass is 378 g/mol. The fourth-order valence-electron chi connectivity index (χ4n) is 3.90. The molecule has 1 unspecified atom stereocenters. The topological polar surface area (TPSA) is 95.5 Å². The second-order valence-electron chi connectivity index (χ2n) is 7.01. The Morgan fingerprint density at radius 3 is 2.58 bits per heavy atom. The summed E-state index contributed by atoms with van der Waals surface area (Å²) in [5, 5.41) is 0. The second-order valence-corrected chi connectivity index (χ2v) is 9.24. The van der Waals surface area contributed by atoms with Crippen LogP contribution in [0.3, 0.4) is 0 Å². The first kappa shape index (κ1) is 17.3. The number of nitrogens with zero attached hydrogens (tertiary/aromatic N) is 3. The minimum Gasteiger partial charge on any atom is -0.339 e. The average Bonchev–Trinajstić information content (AvgIpc) is 3.14. The lowest BCUT2D eigenvalue weighted by Gasteiger charge is -2.37. The van der Waals surface area contributed by atoms with Gasteiger partial charge in [0.2, 0.25) is 5.91 Å². The van der Waals surface area contributed by atoms with E-state index in [0.29, 0.717) is 32.6 Å². The highest BCUT2D eigenvalue weighted by Gasteiger charge is 2.34. The van der Waals surface area contributed by atoms with E-state index in [4.69, 9.17) is 0 Å². The predicted octanol–water partition coefficient (Wildman–Crippen LogP) is -0.339. The van der Waals surface area contributed by atoms with E-state index < -0.39 is 9.84 Å². The smallest absolute Gasteiger partial charge is 0.326 e. The molecule has 2 aliphatic heterocycles. The summed E-state index contributed by atoms with van der Waals surface area (Å²) in [6.07, 6.45) is 0.682. The van der Waals surface area contributed by atoms with Crippen LogP contribution in [0, 0.1) is 0 Å². The first-order valence-electron chi connectivity index (χ1n) is 8.83. The van der Waals surface area contributed by atoms with Crippen LogP contribution in [0.15, 0.2) is 29.1 Å². The normalized spacial score (nSPS) is 23.5. The summed E-state index contributed by atoms with van der Waals surface area (Å²) in [4.78, 5) is 31.4. The maximum Gasteiger partial charge on any atom is 0.326 e. The Labute approximate surface area is 151 Å². The molecule has 0 saturated carbocycles. The van der Waals surface area contributed by atoms with Crippen LogP contribution >= 0.6 is 0 Å². The molecule has 140 valence electrons. The molecule has 4 rings (SSSR count). The van der Waals surface area contributed by atoms with E-state index in [2.05, 4.69) is 9.88 Å². The number of fused-ring (bicyclic) bond motifs is 1. The number of piperazine rings is 1. The Morgan fingerprint density at radius 2 is 1.88 bits per heavy atom. The Morgan fingerprint density at radius 1 is 1.15 bits per heavy atom. The van der Waals surface area contributed by atoms with Gasteiger partial charge in [-0.05, 0) is 18.6 Å². The van der Waals surface area contributed by atoms with Crippen molar-refractivity contribution in [2.45, 2.75) is 19.0 Å². The molecule has 1 amide bonds. The number of nitrogens with one attached hydrogen (secondary N) is 1. The lowest BCUT2D eigenvalue weighted by Crippen LogP contribution is -2.53. The van der Waals surface area contributed by atoms with Gasteiger partial charge in [-0.2, -0.15) is 0 Å². The molecule has 2 aliphatic rings. The zero-order valence-corrected chi connectivity index (χ0v) is 15.2. The average molecular weight is 378 g/mol. The molecule has 0 bridgehead atoms. The van der Waals surface area contributed by atoms with Crippen LogP contribution in [0.4, 0.5) is 0 Å². The fourth-order valence-corrected chi connectivity index (χ4v) is 5.66. The Hall–Kier alpha value is -2.13. The van der Waals surface area contributed by atoms with Crippen molar-refractivity contribution in [1.82, 2.24) is 19.4 Å². The van der Waals surface area contributed by atoms with Crippen molar-refractivity contribution in [3.05, 3.63) is 34.7 Å². The van der Waals surface area contributed by atoms with Crippen LogP contribution in [-0.2, 0) is 21.2 Å². The molecule has 1 aromatic heterocycles. The van der Waals surface area contributed by atoms with Gasteiger partial charge in [0.15, 0.2) is 9.84 Å². The minimum absolute atomic E-state index is 0.0145. The molecular weight excluding hydrogens is 356 g/mol. The third-order valence-electron chi connectivity index (χ3n) is 5.37. The van der Waals surface area contributed by atoms with Crippen molar-refractivity contribution in [2.75, 3.05) is 37.7 Å². The quantitative estimate of drug-likeness (QED) is 0.789. The summed E-state index contributed by atoms with van der Waals surface area (Å²) in [6, 6.07) is 7.39. The van der Waals surface area contributed by atoms with Crippen molar-refractivity contribution >= 4 is 26.8 Å². The van der Waals surface area contributed by atoms with Gasteiger partial charge in [-0.15, -0.1) is 0 Å². The van der Waals surface area contributed by atoms with Crippen molar-refractivity contribution in [2.24, 2.45) is 0 Å². The number of imidazole rings is 1. The van der Waals surface area contributed by atoms with Crippen molar-refractivity contribution < 1.29 is 13.2 Å². The van der Waals surface area contributed by atoms with Gasteiger partial charge in [-0.25, -0.2) is 13.2 Å². The number of amides is 1. The van der Waals surface area contributed by atoms with Crippen molar-refractivity contribution in [3.8, 4) is 0 Å². The molecule has 0 aliphatic carbocycles. The van der Waals surface area contributed by atoms with Crippen LogP contribution in [-0.4, -0.2) is 77.4 Å². The molecule has 0 spiro atoms. The largest absolute Gasteiger partial charge is 0.339 e. The number of hydrogen-bond acceptors (Lipinski definition) is 5. The maximum atomic E-state index is 12.6. The SMILES string of the molecule is O=C(Cn1c(=O)[nH]c2ccccc21)N1CCN(C2CCS(=O)(=O)C2)CC1. The Bertz CT molecular complexity index is 986. The standard InChI is InChI=1S/C17H22N4O4S/c22-16(11-21-15-4-2-1-3-14(15)18-17(21)23)20-8-6-19(7-9-20)13-5-10-26(24,25)12-13/h1-4,13H,5-12H2,(H,18,23). The van der Waals surface area contributed by atoms with Gasteiger partial charge in [0.1, 0.15) is 6.54 Å². The molecule has 3 heterocycles. The third-order valence-corrected chi connectivity index (χ3v) is 7.12. The zero-order valence-electron chi connectivity index (χ0n) is 14.4. The summed E-state index contributed by atoms with van der Waals surface area (Å²) in [5.41, 5.74) is 1.16. The fraction of sp³-hybridized carbons (Fsp3) is 0.529. The maximum absolute atomic E-state index is 12.6. The summed E-state index contributed by atoms with van der Waals surface area (Å²) in [5.74, 6) is 0.405. The lowest BCUT2D eigenvalue weighted by molar-refractivity contribution is -0.133. The summed E-state index contributed by atoms with van der Waals surface area (Å²) in [7, 11) is -2.90. The molecule has 2 fully saturated rings. The van der Waals surface area contributed by atoms with Gasteiger partial charge >= 0.3 is 5.69 Å². The number of carbonyl (C=O) groups excluding carboxylic acids is 1. The number of aromatic amines is 1. The van der Waals surface area contributed by atoms with Gasteiger partial charge in [-0.3, -0.25) is 14.3 Å². The molecule has 2 aromatic rings. The zero-order chi connectivity index (χ0) is 18.3. The number of aromatic nitrogens is 2. The highest BCUT2D eigenvalue weighted by Crippen LogP contribution is 2.19. The molecule has 1 aromatic carbocycles. The number of benzene rings is 1. The second kappa shape index (κ2) is 6.55. The molecule has 26 heavy (non-hydrogen) atoms. The molecular formula is C17H22N4O4S. The van der Waals surface area contributed by atoms with E-state index in [1.807, 2.05) is 24.3 Å².